The molecule has 4 heteroatoms. The zero-order valence-corrected chi connectivity index (χ0v) is 17.0. The fourth-order valence-electron chi connectivity index (χ4n) is 2.91. The Morgan fingerprint density at radius 2 is 1.68 bits per heavy atom. The average molecular weight is 379 g/mol. The summed E-state index contributed by atoms with van der Waals surface area (Å²) in [6, 6.07) is 7.20. The van der Waals surface area contributed by atoms with Crippen molar-refractivity contribution in [3.8, 4) is 0 Å². The Kier molecular flexibility index (Phi) is 6.34. The van der Waals surface area contributed by atoms with Gasteiger partial charge in [-0.2, -0.15) is 0 Å². The number of halogens is 1. The van der Waals surface area contributed by atoms with E-state index in [2.05, 4.69) is 32.9 Å². The summed E-state index contributed by atoms with van der Waals surface area (Å²) < 4.78 is 22.7. The van der Waals surface area contributed by atoms with Crippen LogP contribution in [0.1, 0.15) is 52.0 Å². The third-order valence-electron chi connectivity index (χ3n) is 4.53. The van der Waals surface area contributed by atoms with Gasteiger partial charge in [-0.15, -0.1) is 0 Å². The molecule has 2 aliphatic carbocycles. The molecule has 0 amide bonds. The maximum Gasteiger partial charge on any atom is 0.175 e. The summed E-state index contributed by atoms with van der Waals surface area (Å²) in [6.07, 6.45) is 11.9. The normalized spacial score (nSPS) is 19.3. The van der Waals surface area contributed by atoms with Gasteiger partial charge in [0.25, 0.3) is 0 Å². The predicted octanol–water partition coefficient (Wildman–Crippen LogP) is 6.14. The van der Waals surface area contributed by atoms with Gasteiger partial charge in [-0.25, -0.2) is 8.42 Å². The lowest BCUT2D eigenvalue weighted by molar-refractivity contribution is 0.403. The van der Waals surface area contributed by atoms with Crippen molar-refractivity contribution in [2.45, 2.75) is 51.3 Å². The van der Waals surface area contributed by atoms with E-state index in [-0.39, 0.29) is 0 Å². The molecule has 0 atom stereocenters. The van der Waals surface area contributed by atoms with Crippen molar-refractivity contribution >= 4 is 27.0 Å². The summed E-state index contributed by atoms with van der Waals surface area (Å²) in [5, 5.41) is 0.982. The minimum Gasteiger partial charge on any atom is -0.224 e. The van der Waals surface area contributed by atoms with E-state index in [0.29, 0.717) is 10.3 Å². The summed E-state index contributed by atoms with van der Waals surface area (Å²) in [5.74, 6) is 0. The van der Waals surface area contributed by atoms with Crippen LogP contribution in [0.2, 0.25) is 0 Å². The van der Waals surface area contributed by atoms with Crippen LogP contribution in [0.4, 0.5) is 0 Å². The summed E-state index contributed by atoms with van der Waals surface area (Å²) >= 11 is 5.70. The van der Waals surface area contributed by atoms with Crippen LogP contribution in [0.25, 0.3) is 5.57 Å². The van der Waals surface area contributed by atoms with E-state index in [1.54, 1.807) is 12.1 Å². The van der Waals surface area contributed by atoms with Crippen molar-refractivity contribution in [1.82, 2.24) is 0 Å². The summed E-state index contributed by atoms with van der Waals surface area (Å²) in [4.78, 5) is 0.388. The van der Waals surface area contributed by atoms with Gasteiger partial charge in [0.2, 0.25) is 0 Å². The Morgan fingerprint density at radius 1 is 1.04 bits per heavy atom. The molecule has 0 saturated heterocycles. The second-order valence-electron chi connectivity index (χ2n) is 7.70. The molecule has 0 aliphatic heterocycles. The fraction of sp³-hybridized carbons (Fsp3) is 0.429. The van der Waals surface area contributed by atoms with E-state index >= 15 is 0 Å². The Balaban J connectivity index is 0.000000236. The molecule has 0 unspecified atom stereocenters. The zero-order chi connectivity index (χ0) is 18.7. The van der Waals surface area contributed by atoms with Crippen molar-refractivity contribution < 1.29 is 8.42 Å². The monoisotopic (exact) mass is 378 g/mol. The third-order valence-corrected chi connectivity index (χ3v) is 5.97. The van der Waals surface area contributed by atoms with Crippen LogP contribution in [0.3, 0.4) is 0 Å². The molecule has 1 aromatic carbocycles. The molecular formula is C21H27ClO2S. The number of allylic oxidation sites excluding steroid dienone is 6. The van der Waals surface area contributed by atoms with Crippen LogP contribution in [-0.2, 0) is 9.84 Å². The number of hydrogen-bond acceptors (Lipinski definition) is 2. The lowest BCUT2D eigenvalue weighted by Crippen LogP contribution is -2.04. The molecule has 1 aromatic rings. The SMILES string of the molecule is CC1(C)CC=C(c2ccc(S(C)(=O)=O)cc2)C1.CC1=CC=C(Cl)CC1. The molecule has 0 spiro atoms. The molecule has 0 bridgehead atoms. The van der Waals surface area contributed by atoms with Crippen molar-refractivity contribution in [1.29, 1.82) is 0 Å². The molecule has 2 nitrogen and oxygen atoms in total. The molecular weight excluding hydrogens is 352 g/mol. The maximum atomic E-state index is 11.4. The topological polar surface area (TPSA) is 34.1 Å². The average Bonchev–Trinajstić information content (AvgIpc) is 2.90. The predicted molar refractivity (Wildman–Crippen MR) is 107 cm³/mol. The van der Waals surface area contributed by atoms with Gasteiger partial charge >= 0.3 is 0 Å². The molecule has 2 aliphatic rings. The minimum atomic E-state index is -3.09. The Hall–Kier alpha value is -1.32. The van der Waals surface area contributed by atoms with E-state index in [1.807, 2.05) is 18.2 Å². The van der Waals surface area contributed by atoms with E-state index in [4.69, 9.17) is 11.6 Å². The smallest absolute Gasteiger partial charge is 0.175 e. The lowest BCUT2D eigenvalue weighted by atomic mass is 9.88. The summed E-state index contributed by atoms with van der Waals surface area (Å²) in [5.41, 5.74) is 4.23. The van der Waals surface area contributed by atoms with E-state index < -0.39 is 9.84 Å². The number of hydrogen-bond donors (Lipinski definition) is 0. The number of benzene rings is 1. The van der Waals surface area contributed by atoms with Crippen LogP contribution in [-0.4, -0.2) is 14.7 Å². The van der Waals surface area contributed by atoms with Gasteiger partial charge < -0.3 is 0 Å². The van der Waals surface area contributed by atoms with Gasteiger partial charge in [0.1, 0.15) is 0 Å². The third kappa shape index (κ3) is 6.16. The quantitative estimate of drug-likeness (QED) is 0.619. The molecule has 0 aromatic heterocycles. The van der Waals surface area contributed by atoms with Crippen molar-refractivity contribution in [3.63, 3.8) is 0 Å². The second kappa shape index (κ2) is 7.92. The first-order chi connectivity index (χ1) is 11.6. The molecule has 3 rings (SSSR count). The maximum absolute atomic E-state index is 11.4. The molecule has 25 heavy (non-hydrogen) atoms. The van der Waals surface area contributed by atoms with Crippen molar-refractivity contribution in [3.05, 3.63) is 58.7 Å². The van der Waals surface area contributed by atoms with E-state index in [1.165, 1.54) is 17.4 Å². The van der Waals surface area contributed by atoms with Crippen LogP contribution >= 0.6 is 11.6 Å². The number of rotatable bonds is 2. The van der Waals surface area contributed by atoms with Crippen LogP contribution in [0, 0.1) is 5.41 Å². The highest BCUT2D eigenvalue weighted by Gasteiger charge is 2.25. The molecule has 0 fully saturated rings. The Morgan fingerprint density at radius 3 is 2.08 bits per heavy atom. The van der Waals surface area contributed by atoms with Crippen molar-refractivity contribution in [2.24, 2.45) is 5.41 Å². The first-order valence-electron chi connectivity index (χ1n) is 8.58. The molecule has 0 radical (unpaired) electrons. The summed E-state index contributed by atoms with van der Waals surface area (Å²) in [7, 11) is -3.09. The highest BCUT2D eigenvalue weighted by Crippen LogP contribution is 2.40. The molecule has 136 valence electrons. The second-order valence-corrected chi connectivity index (χ2v) is 10.2. The highest BCUT2D eigenvalue weighted by molar-refractivity contribution is 7.90. The van der Waals surface area contributed by atoms with Gasteiger partial charge in [-0.3, -0.25) is 0 Å². The highest BCUT2D eigenvalue weighted by atomic mass is 35.5. The van der Waals surface area contributed by atoms with Gasteiger partial charge in [0, 0.05) is 11.3 Å². The van der Waals surface area contributed by atoms with Gasteiger partial charge in [0.05, 0.1) is 4.90 Å². The first kappa shape index (κ1) is 20.0. The van der Waals surface area contributed by atoms with Crippen LogP contribution in [0.15, 0.2) is 58.0 Å². The van der Waals surface area contributed by atoms with Gasteiger partial charge in [0.15, 0.2) is 9.84 Å². The zero-order valence-electron chi connectivity index (χ0n) is 15.5. The minimum absolute atomic E-state index is 0.338. The standard InChI is InChI=1S/C14H18O2S.C7H9Cl/c1-14(2)9-8-12(10-14)11-4-6-13(7-5-11)17(3,15)16;1-6-2-4-7(8)5-3-6/h4-8H,9-10H2,1-3H3;2,4H,3,5H2,1H3. The first-order valence-corrected chi connectivity index (χ1v) is 10.9. The van der Waals surface area contributed by atoms with Gasteiger partial charge in [-0.05, 0) is 67.4 Å². The van der Waals surface area contributed by atoms with E-state index in [9.17, 15) is 8.42 Å². The fourth-order valence-corrected chi connectivity index (χ4v) is 3.70. The molecule has 0 heterocycles. The summed E-state index contributed by atoms with van der Waals surface area (Å²) in [6.45, 7) is 6.63. The van der Waals surface area contributed by atoms with Crippen molar-refractivity contribution in [2.75, 3.05) is 6.26 Å². The largest absolute Gasteiger partial charge is 0.224 e. The van der Waals surface area contributed by atoms with E-state index in [0.717, 1.165) is 36.3 Å². The lowest BCUT2D eigenvalue weighted by Gasteiger charge is -2.16. The molecule has 0 N–H and O–H groups in total. The number of sulfone groups is 1. The Bertz CT molecular complexity index is 792. The van der Waals surface area contributed by atoms with Gasteiger partial charge in [-0.1, -0.05) is 55.3 Å². The van der Waals surface area contributed by atoms with Crippen LogP contribution in [0.5, 0.6) is 0 Å². The van der Waals surface area contributed by atoms with Crippen LogP contribution < -0.4 is 0 Å². The molecule has 0 saturated carbocycles. The Labute approximate surface area is 157 Å².